The van der Waals surface area contributed by atoms with Crippen molar-refractivity contribution >= 4 is 29.3 Å². The number of para-hydroxylation sites is 1. The molecule has 3 amide bonds. The smallest absolute Gasteiger partial charge is 0.323 e. The Morgan fingerprint density at radius 3 is 2.73 bits per heavy atom. The van der Waals surface area contributed by atoms with Crippen LogP contribution in [0.25, 0.3) is 0 Å². The molecule has 174 valence electrons. The minimum atomic E-state index is -0.931. The van der Waals surface area contributed by atoms with E-state index in [1.165, 1.54) is 24.3 Å². The highest BCUT2D eigenvalue weighted by atomic mass is 19.1. The van der Waals surface area contributed by atoms with E-state index in [-0.39, 0.29) is 36.2 Å². The summed E-state index contributed by atoms with van der Waals surface area (Å²) < 4.78 is 25.5. The minimum absolute atomic E-state index is 0.0323. The SMILES string of the molecule is CN1C(=O)c2cc(NC(=O)Nc3ccccc3F)ccc2OC[C@H]2O[C@H](CC(=O)O)CC[C@H]21. The predicted molar refractivity (Wildman–Crippen MR) is 117 cm³/mol. The number of benzene rings is 2. The largest absolute Gasteiger partial charge is 0.490 e. The molecule has 3 N–H and O–H groups in total. The number of hydrogen-bond acceptors (Lipinski definition) is 5. The summed E-state index contributed by atoms with van der Waals surface area (Å²) in [6.45, 7) is 0.159. The van der Waals surface area contributed by atoms with Gasteiger partial charge < -0.3 is 30.1 Å². The quantitative estimate of drug-likeness (QED) is 0.649. The number of carbonyl (C=O) groups excluding carboxylic acids is 2. The van der Waals surface area contributed by atoms with Crippen molar-refractivity contribution in [1.29, 1.82) is 0 Å². The third-order valence-corrected chi connectivity index (χ3v) is 5.79. The zero-order valence-electron chi connectivity index (χ0n) is 17.9. The number of anilines is 2. The molecule has 0 unspecified atom stereocenters. The summed E-state index contributed by atoms with van der Waals surface area (Å²) in [7, 11) is 1.67. The lowest BCUT2D eigenvalue weighted by atomic mass is 9.94. The van der Waals surface area contributed by atoms with Crippen LogP contribution in [0.2, 0.25) is 0 Å². The molecule has 4 rings (SSSR count). The molecule has 1 saturated heterocycles. The van der Waals surface area contributed by atoms with Crippen molar-refractivity contribution in [2.75, 3.05) is 24.3 Å². The highest BCUT2D eigenvalue weighted by Crippen LogP contribution is 2.32. The molecule has 0 bridgehead atoms. The molecule has 2 aliphatic rings. The lowest BCUT2D eigenvalue weighted by Crippen LogP contribution is -2.53. The monoisotopic (exact) mass is 457 g/mol. The Morgan fingerprint density at radius 2 is 1.97 bits per heavy atom. The number of halogens is 1. The van der Waals surface area contributed by atoms with Gasteiger partial charge in [-0.05, 0) is 43.2 Å². The number of aliphatic carboxylic acids is 1. The van der Waals surface area contributed by atoms with Crippen LogP contribution in [0.15, 0.2) is 42.5 Å². The van der Waals surface area contributed by atoms with E-state index in [9.17, 15) is 18.8 Å². The van der Waals surface area contributed by atoms with Gasteiger partial charge in [-0.3, -0.25) is 9.59 Å². The van der Waals surface area contributed by atoms with Crippen molar-refractivity contribution in [2.45, 2.75) is 37.5 Å². The number of nitrogens with one attached hydrogen (secondary N) is 2. The van der Waals surface area contributed by atoms with Crippen LogP contribution in [0.3, 0.4) is 0 Å². The molecule has 10 heteroatoms. The van der Waals surface area contributed by atoms with Crippen LogP contribution < -0.4 is 15.4 Å². The fourth-order valence-corrected chi connectivity index (χ4v) is 4.15. The number of carboxylic acid groups (broad SMARTS) is 1. The number of urea groups is 1. The number of carboxylic acids is 1. The molecule has 9 nitrogen and oxygen atoms in total. The zero-order valence-corrected chi connectivity index (χ0v) is 17.9. The summed E-state index contributed by atoms with van der Waals surface area (Å²) in [6.07, 6.45) is 0.146. The molecule has 2 aromatic rings. The molecule has 3 atom stereocenters. The van der Waals surface area contributed by atoms with Crippen LogP contribution in [0, 0.1) is 5.82 Å². The minimum Gasteiger partial charge on any atom is -0.490 e. The topological polar surface area (TPSA) is 117 Å². The standard InChI is InChI=1S/C23H24FN3O6/c1-27-18-8-7-14(11-21(28)29)33-20(18)12-32-19-9-6-13(10-15(19)22(27)30)25-23(31)26-17-5-3-2-4-16(17)24/h2-6,9-10,14,18,20H,7-8,11-12H2,1H3,(H,28,29)(H2,25,26,31)/t14-,18+,20+/m0/s1. The second-order valence-corrected chi connectivity index (χ2v) is 8.04. The summed E-state index contributed by atoms with van der Waals surface area (Å²) in [5.41, 5.74) is 0.642. The molecule has 1 fully saturated rings. The molecule has 0 radical (unpaired) electrons. The Hall–Kier alpha value is -3.66. The van der Waals surface area contributed by atoms with E-state index in [4.69, 9.17) is 14.6 Å². The van der Waals surface area contributed by atoms with Gasteiger partial charge in [0, 0.05) is 12.7 Å². The van der Waals surface area contributed by atoms with Crippen LogP contribution in [0.5, 0.6) is 5.75 Å². The van der Waals surface area contributed by atoms with Gasteiger partial charge in [-0.25, -0.2) is 9.18 Å². The Balaban J connectivity index is 1.49. The van der Waals surface area contributed by atoms with Gasteiger partial charge in [0.25, 0.3) is 5.91 Å². The summed E-state index contributed by atoms with van der Waals surface area (Å²) in [6, 6.07) is 9.51. The van der Waals surface area contributed by atoms with Gasteiger partial charge in [0.1, 0.15) is 24.3 Å². The summed E-state index contributed by atoms with van der Waals surface area (Å²) in [5, 5.41) is 14.1. The number of likely N-dealkylation sites (N-methyl/N-ethyl adjacent to an activating group) is 1. The van der Waals surface area contributed by atoms with Crippen LogP contribution in [-0.4, -0.2) is 59.8 Å². The first-order valence-electron chi connectivity index (χ1n) is 10.6. The number of hydrogen-bond donors (Lipinski definition) is 3. The van der Waals surface area contributed by atoms with Crippen molar-refractivity contribution in [2.24, 2.45) is 0 Å². The second-order valence-electron chi connectivity index (χ2n) is 8.04. The molecule has 33 heavy (non-hydrogen) atoms. The number of ether oxygens (including phenoxy) is 2. The molecule has 0 saturated carbocycles. The highest BCUT2D eigenvalue weighted by molar-refractivity contribution is 6.02. The van der Waals surface area contributed by atoms with E-state index in [0.29, 0.717) is 24.3 Å². The predicted octanol–water partition coefficient (Wildman–Crippen LogP) is 3.33. The third kappa shape index (κ3) is 5.06. The van der Waals surface area contributed by atoms with Crippen molar-refractivity contribution in [3.05, 3.63) is 53.8 Å². The van der Waals surface area contributed by atoms with Crippen LogP contribution in [0.4, 0.5) is 20.6 Å². The Labute approximate surface area is 189 Å². The normalized spacial score (nSPS) is 22.2. The molecule has 2 heterocycles. The van der Waals surface area contributed by atoms with Crippen molar-refractivity contribution in [3.63, 3.8) is 0 Å². The van der Waals surface area contributed by atoms with E-state index >= 15 is 0 Å². The summed E-state index contributed by atoms with van der Waals surface area (Å²) >= 11 is 0. The van der Waals surface area contributed by atoms with Gasteiger partial charge in [-0.15, -0.1) is 0 Å². The maximum absolute atomic E-state index is 13.8. The fourth-order valence-electron chi connectivity index (χ4n) is 4.15. The third-order valence-electron chi connectivity index (χ3n) is 5.79. The maximum Gasteiger partial charge on any atom is 0.323 e. The lowest BCUT2D eigenvalue weighted by molar-refractivity contribution is -0.148. The Morgan fingerprint density at radius 1 is 1.18 bits per heavy atom. The van der Waals surface area contributed by atoms with E-state index < -0.39 is 30.0 Å². The van der Waals surface area contributed by atoms with Crippen molar-refractivity contribution in [1.82, 2.24) is 4.90 Å². The van der Waals surface area contributed by atoms with Crippen LogP contribution >= 0.6 is 0 Å². The van der Waals surface area contributed by atoms with Gasteiger partial charge >= 0.3 is 12.0 Å². The molecule has 2 aliphatic heterocycles. The molecular formula is C23H24FN3O6. The van der Waals surface area contributed by atoms with Crippen LogP contribution in [-0.2, 0) is 9.53 Å². The fraction of sp³-hybridized carbons (Fsp3) is 0.348. The summed E-state index contributed by atoms with van der Waals surface area (Å²) in [4.78, 5) is 38.1. The lowest BCUT2D eigenvalue weighted by Gasteiger charge is -2.42. The number of nitrogens with zero attached hydrogens (tertiary/aromatic N) is 1. The van der Waals surface area contributed by atoms with E-state index in [2.05, 4.69) is 10.6 Å². The number of rotatable bonds is 4. The molecule has 0 spiro atoms. The van der Waals surface area contributed by atoms with Gasteiger partial charge in [0.2, 0.25) is 0 Å². The second kappa shape index (κ2) is 9.45. The van der Waals surface area contributed by atoms with E-state index in [1.807, 2.05) is 0 Å². The first kappa shape index (κ1) is 22.5. The van der Waals surface area contributed by atoms with Crippen molar-refractivity contribution in [3.8, 4) is 5.75 Å². The number of fused-ring (bicyclic) bond motifs is 2. The molecule has 2 aromatic carbocycles. The van der Waals surface area contributed by atoms with Crippen molar-refractivity contribution < 1.29 is 33.4 Å². The maximum atomic E-state index is 13.8. The first-order chi connectivity index (χ1) is 15.8. The van der Waals surface area contributed by atoms with Gasteiger partial charge in [0.05, 0.1) is 29.8 Å². The average molecular weight is 457 g/mol. The summed E-state index contributed by atoms with van der Waals surface area (Å²) in [5.74, 6) is -1.47. The average Bonchev–Trinajstić information content (AvgIpc) is 2.78. The molecule has 0 aliphatic carbocycles. The number of carbonyl (C=O) groups is 3. The van der Waals surface area contributed by atoms with Gasteiger partial charge in [-0.2, -0.15) is 0 Å². The van der Waals surface area contributed by atoms with Gasteiger partial charge in [-0.1, -0.05) is 12.1 Å². The number of amides is 3. The van der Waals surface area contributed by atoms with Gasteiger partial charge in [0.15, 0.2) is 0 Å². The molecular weight excluding hydrogens is 433 g/mol. The Kier molecular flexibility index (Phi) is 6.45. The van der Waals surface area contributed by atoms with E-state index in [0.717, 1.165) is 0 Å². The highest BCUT2D eigenvalue weighted by Gasteiger charge is 2.39. The zero-order chi connectivity index (χ0) is 23.5. The molecule has 0 aromatic heterocycles. The van der Waals surface area contributed by atoms with E-state index in [1.54, 1.807) is 30.1 Å². The Bertz CT molecular complexity index is 1080. The van der Waals surface area contributed by atoms with Crippen LogP contribution in [0.1, 0.15) is 29.6 Å². The first-order valence-corrected chi connectivity index (χ1v) is 10.6.